The number of amides is 1. The molecule has 29 heavy (non-hydrogen) atoms. The number of hydrogen-bond acceptors (Lipinski definition) is 5. The third-order valence-corrected chi connectivity index (χ3v) is 4.41. The SMILES string of the molecule is COCCCn1c(CNC(=O)[C@H](C)N)nc2ccc(Oc3ccc(F)cc3)cc21. The van der Waals surface area contributed by atoms with Crippen molar-refractivity contribution in [3.8, 4) is 11.5 Å². The molecule has 0 unspecified atom stereocenters. The maximum absolute atomic E-state index is 13.1. The summed E-state index contributed by atoms with van der Waals surface area (Å²) in [6, 6.07) is 10.8. The lowest BCUT2D eigenvalue weighted by Gasteiger charge is -2.12. The van der Waals surface area contributed by atoms with Crippen LogP contribution in [-0.4, -0.2) is 35.2 Å². The minimum absolute atomic E-state index is 0.235. The maximum atomic E-state index is 13.1. The number of carbonyl (C=O) groups is 1. The highest BCUT2D eigenvalue weighted by Crippen LogP contribution is 2.27. The van der Waals surface area contributed by atoms with Crippen LogP contribution in [-0.2, 0) is 22.6 Å². The second kappa shape index (κ2) is 9.49. The molecule has 0 aliphatic heterocycles. The van der Waals surface area contributed by atoms with E-state index >= 15 is 0 Å². The highest BCUT2D eigenvalue weighted by molar-refractivity contribution is 5.81. The Hall–Kier alpha value is -2.97. The standard InChI is InChI=1S/C21H25FN4O3/c1-14(23)21(27)24-13-20-25-18-9-8-17(29-16-6-4-15(22)5-7-16)12-19(18)26(20)10-3-11-28-2/h4-9,12,14H,3,10-11,13,23H2,1-2H3,(H,24,27)/t14-/m0/s1. The first-order valence-corrected chi connectivity index (χ1v) is 9.42. The zero-order chi connectivity index (χ0) is 20.8. The zero-order valence-corrected chi connectivity index (χ0v) is 16.5. The number of ether oxygens (including phenoxy) is 2. The van der Waals surface area contributed by atoms with Crippen molar-refractivity contribution in [1.29, 1.82) is 0 Å². The number of methoxy groups -OCH3 is 1. The van der Waals surface area contributed by atoms with E-state index < -0.39 is 6.04 Å². The molecule has 0 aliphatic rings. The van der Waals surface area contributed by atoms with E-state index in [-0.39, 0.29) is 18.3 Å². The molecule has 0 saturated carbocycles. The van der Waals surface area contributed by atoms with Gasteiger partial charge in [-0.1, -0.05) is 0 Å². The summed E-state index contributed by atoms with van der Waals surface area (Å²) in [6.45, 7) is 3.19. The number of nitrogens with two attached hydrogens (primary N) is 1. The molecule has 3 N–H and O–H groups in total. The molecule has 1 atom stereocenters. The number of nitrogens with one attached hydrogen (secondary N) is 1. The minimum Gasteiger partial charge on any atom is -0.457 e. The summed E-state index contributed by atoms with van der Waals surface area (Å²) in [5, 5.41) is 2.80. The number of rotatable bonds is 9. The van der Waals surface area contributed by atoms with Crippen molar-refractivity contribution < 1.29 is 18.7 Å². The maximum Gasteiger partial charge on any atom is 0.237 e. The molecule has 0 aliphatic carbocycles. The third-order valence-electron chi connectivity index (χ3n) is 4.41. The number of fused-ring (bicyclic) bond motifs is 1. The first-order chi connectivity index (χ1) is 14.0. The zero-order valence-electron chi connectivity index (χ0n) is 16.5. The van der Waals surface area contributed by atoms with Gasteiger partial charge in [-0.3, -0.25) is 4.79 Å². The third kappa shape index (κ3) is 5.30. The van der Waals surface area contributed by atoms with Gasteiger partial charge < -0.3 is 25.1 Å². The minimum atomic E-state index is -0.586. The van der Waals surface area contributed by atoms with Crippen molar-refractivity contribution >= 4 is 16.9 Å². The predicted octanol–water partition coefficient (Wildman–Crippen LogP) is 2.97. The summed E-state index contributed by atoms with van der Waals surface area (Å²) in [7, 11) is 1.66. The number of aryl methyl sites for hydroxylation is 1. The van der Waals surface area contributed by atoms with Crippen molar-refractivity contribution in [2.75, 3.05) is 13.7 Å². The first kappa shape index (κ1) is 20.8. The molecule has 8 heteroatoms. The molecule has 154 valence electrons. The Kier molecular flexibility index (Phi) is 6.79. The van der Waals surface area contributed by atoms with Gasteiger partial charge in [-0.25, -0.2) is 9.37 Å². The normalized spacial score (nSPS) is 12.1. The van der Waals surface area contributed by atoms with Crippen LogP contribution in [0.15, 0.2) is 42.5 Å². The lowest BCUT2D eigenvalue weighted by Crippen LogP contribution is -2.38. The molecule has 1 amide bonds. The molecule has 0 radical (unpaired) electrons. The number of benzene rings is 2. The van der Waals surface area contributed by atoms with Crippen molar-refractivity contribution in [2.45, 2.75) is 32.5 Å². The van der Waals surface area contributed by atoms with Crippen LogP contribution in [0.3, 0.4) is 0 Å². The fourth-order valence-electron chi connectivity index (χ4n) is 2.93. The lowest BCUT2D eigenvalue weighted by atomic mass is 10.3. The van der Waals surface area contributed by atoms with Gasteiger partial charge in [0.1, 0.15) is 23.1 Å². The number of nitrogens with zero attached hydrogens (tertiary/aromatic N) is 2. The Morgan fingerprint density at radius 2 is 1.97 bits per heavy atom. The van der Waals surface area contributed by atoms with Crippen LogP contribution in [0, 0.1) is 5.82 Å². The van der Waals surface area contributed by atoms with Crippen molar-refractivity contribution in [2.24, 2.45) is 5.73 Å². The number of halogens is 1. The highest BCUT2D eigenvalue weighted by atomic mass is 19.1. The average Bonchev–Trinajstić information content (AvgIpc) is 3.05. The molecule has 3 rings (SSSR count). The Morgan fingerprint density at radius 1 is 1.24 bits per heavy atom. The molecule has 1 heterocycles. The van der Waals surface area contributed by atoms with E-state index in [2.05, 4.69) is 10.3 Å². The molecule has 3 aromatic rings. The Labute approximate surface area is 168 Å². The summed E-state index contributed by atoms with van der Waals surface area (Å²) < 4.78 is 26.1. The monoisotopic (exact) mass is 400 g/mol. The van der Waals surface area contributed by atoms with Crippen LogP contribution >= 0.6 is 0 Å². The molecule has 7 nitrogen and oxygen atoms in total. The summed E-state index contributed by atoms with van der Waals surface area (Å²) >= 11 is 0. The van der Waals surface area contributed by atoms with Gasteiger partial charge in [-0.2, -0.15) is 0 Å². The van der Waals surface area contributed by atoms with E-state index in [1.165, 1.54) is 12.1 Å². The van der Waals surface area contributed by atoms with Crippen LogP contribution in [0.1, 0.15) is 19.2 Å². The smallest absolute Gasteiger partial charge is 0.237 e. The van der Waals surface area contributed by atoms with E-state index in [1.54, 1.807) is 26.2 Å². The number of imidazole rings is 1. The lowest BCUT2D eigenvalue weighted by molar-refractivity contribution is -0.122. The molecule has 0 spiro atoms. The van der Waals surface area contributed by atoms with Gasteiger partial charge in [0, 0.05) is 26.3 Å². The van der Waals surface area contributed by atoms with Gasteiger partial charge in [0.2, 0.25) is 5.91 Å². The average molecular weight is 400 g/mol. The summed E-state index contributed by atoms with van der Waals surface area (Å²) in [5.74, 6) is 1.33. The van der Waals surface area contributed by atoms with Crippen molar-refractivity contribution in [3.05, 3.63) is 54.1 Å². The molecule has 0 saturated heterocycles. The van der Waals surface area contributed by atoms with Crippen LogP contribution < -0.4 is 15.8 Å². The van der Waals surface area contributed by atoms with Gasteiger partial charge in [-0.15, -0.1) is 0 Å². The van der Waals surface area contributed by atoms with E-state index in [1.807, 2.05) is 22.8 Å². The summed E-state index contributed by atoms with van der Waals surface area (Å²) in [6.07, 6.45) is 0.791. The number of hydrogen-bond donors (Lipinski definition) is 2. The molecular formula is C21H25FN4O3. The second-order valence-electron chi connectivity index (χ2n) is 6.74. The van der Waals surface area contributed by atoms with Gasteiger partial charge in [-0.05, 0) is 49.7 Å². The van der Waals surface area contributed by atoms with Crippen LogP contribution in [0.2, 0.25) is 0 Å². The second-order valence-corrected chi connectivity index (χ2v) is 6.74. The van der Waals surface area contributed by atoms with E-state index in [0.29, 0.717) is 24.7 Å². The van der Waals surface area contributed by atoms with Crippen LogP contribution in [0.4, 0.5) is 4.39 Å². The molecular weight excluding hydrogens is 375 g/mol. The molecule has 0 fully saturated rings. The van der Waals surface area contributed by atoms with E-state index in [9.17, 15) is 9.18 Å². The fourth-order valence-corrected chi connectivity index (χ4v) is 2.93. The Bertz CT molecular complexity index is 970. The van der Waals surface area contributed by atoms with E-state index in [4.69, 9.17) is 15.2 Å². The van der Waals surface area contributed by atoms with Gasteiger partial charge in [0.15, 0.2) is 0 Å². The van der Waals surface area contributed by atoms with Crippen molar-refractivity contribution in [3.63, 3.8) is 0 Å². The van der Waals surface area contributed by atoms with Crippen LogP contribution in [0.5, 0.6) is 11.5 Å². The quantitative estimate of drug-likeness (QED) is 0.539. The Balaban J connectivity index is 1.88. The Morgan fingerprint density at radius 3 is 2.66 bits per heavy atom. The molecule has 1 aromatic heterocycles. The van der Waals surface area contributed by atoms with Gasteiger partial charge >= 0.3 is 0 Å². The van der Waals surface area contributed by atoms with Crippen LogP contribution in [0.25, 0.3) is 11.0 Å². The van der Waals surface area contributed by atoms with E-state index in [0.717, 1.165) is 23.3 Å². The fraction of sp³-hybridized carbons (Fsp3) is 0.333. The largest absolute Gasteiger partial charge is 0.457 e. The predicted molar refractivity (Wildman–Crippen MR) is 108 cm³/mol. The first-order valence-electron chi connectivity index (χ1n) is 9.42. The summed E-state index contributed by atoms with van der Waals surface area (Å²) in [4.78, 5) is 16.5. The van der Waals surface area contributed by atoms with Gasteiger partial charge in [0.05, 0.1) is 23.6 Å². The molecule has 2 aromatic carbocycles. The van der Waals surface area contributed by atoms with Gasteiger partial charge in [0.25, 0.3) is 0 Å². The molecule has 0 bridgehead atoms. The van der Waals surface area contributed by atoms with Crippen molar-refractivity contribution in [1.82, 2.24) is 14.9 Å². The number of aromatic nitrogens is 2. The highest BCUT2D eigenvalue weighted by Gasteiger charge is 2.14. The summed E-state index contributed by atoms with van der Waals surface area (Å²) in [5.41, 5.74) is 7.29. The topological polar surface area (TPSA) is 91.4 Å². The number of carbonyl (C=O) groups excluding carboxylic acids is 1.